The van der Waals surface area contributed by atoms with Crippen LogP contribution in [0.1, 0.15) is 99.9 Å². The van der Waals surface area contributed by atoms with Gasteiger partial charge in [0.15, 0.2) is 0 Å². The van der Waals surface area contributed by atoms with Gasteiger partial charge in [-0.15, -0.1) is 0 Å². The molecule has 0 bridgehead atoms. The number of aromatic nitrogens is 1. The third-order valence-corrected chi connectivity index (χ3v) is 6.65. The molecule has 2 heterocycles. The summed E-state index contributed by atoms with van der Waals surface area (Å²) in [4.78, 5) is 32.0. The normalized spacial score (nSPS) is 13.1. The fourth-order valence-corrected chi connectivity index (χ4v) is 4.63. The molecule has 190 valence electrons. The van der Waals surface area contributed by atoms with Crippen LogP contribution in [0.3, 0.4) is 0 Å². The molecule has 0 spiro atoms. The van der Waals surface area contributed by atoms with Crippen molar-refractivity contribution in [1.82, 2.24) is 10.3 Å². The minimum Gasteiger partial charge on any atom is -0.371 e. The number of rotatable bonds is 15. The van der Waals surface area contributed by atoms with Crippen molar-refractivity contribution in [2.24, 2.45) is 0 Å². The van der Waals surface area contributed by atoms with E-state index in [2.05, 4.69) is 27.4 Å². The molecule has 2 aromatic rings. The van der Waals surface area contributed by atoms with Crippen LogP contribution in [-0.4, -0.2) is 29.9 Å². The van der Waals surface area contributed by atoms with Gasteiger partial charge in [0.05, 0.1) is 5.56 Å². The molecule has 35 heavy (non-hydrogen) atoms. The van der Waals surface area contributed by atoms with Crippen LogP contribution >= 0.6 is 0 Å². The third kappa shape index (κ3) is 9.35. The van der Waals surface area contributed by atoms with Gasteiger partial charge in [0, 0.05) is 49.8 Å². The first-order chi connectivity index (χ1) is 17.2. The number of hydrogen-bond donors (Lipinski definition) is 2. The number of amides is 2. The maximum Gasteiger partial charge on any atom is 0.253 e. The van der Waals surface area contributed by atoms with Crippen molar-refractivity contribution in [3.63, 3.8) is 0 Å². The molecule has 6 nitrogen and oxygen atoms in total. The van der Waals surface area contributed by atoms with Gasteiger partial charge in [0.1, 0.15) is 0 Å². The molecule has 1 aliphatic heterocycles. The molecule has 1 aromatic heterocycles. The van der Waals surface area contributed by atoms with Crippen molar-refractivity contribution >= 4 is 23.2 Å². The molecule has 6 heteroatoms. The predicted molar refractivity (Wildman–Crippen MR) is 144 cm³/mol. The summed E-state index contributed by atoms with van der Waals surface area (Å²) in [6, 6.07) is 9.51. The van der Waals surface area contributed by atoms with Crippen LogP contribution in [0.2, 0.25) is 0 Å². The lowest BCUT2D eigenvalue weighted by Crippen LogP contribution is -2.27. The Kier molecular flexibility index (Phi) is 11.6. The van der Waals surface area contributed by atoms with Crippen LogP contribution in [-0.2, 0) is 11.3 Å². The van der Waals surface area contributed by atoms with Gasteiger partial charge in [0.2, 0.25) is 5.91 Å². The summed E-state index contributed by atoms with van der Waals surface area (Å²) in [7, 11) is 0. The number of benzene rings is 1. The number of nitrogens with zero attached hydrogens (tertiary/aromatic N) is 2. The van der Waals surface area contributed by atoms with Crippen LogP contribution in [0.4, 0.5) is 11.4 Å². The van der Waals surface area contributed by atoms with Gasteiger partial charge in [-0.05, 0) is 49.1 Å². The minimum absolute atomic E-state index is 0.0172. The summed E-state index contributed by atoms with van der Waals surface area (Å²) < 4.78 is 0. The lowest BCUT2D eigenvalue weighted by Gasteiger charge is -2.22. The molecular weight excluding hydrogens is 436 g/mol. The van der Waals surface area contributed by atoms with Crippen molar-refractivity contribution < 1.29 is 9.59 Å². The second kappa shape index (κ2) is 15.2. The van der Waals surface area contributed by atoms with E-state index in [1.807, 2.05) is 30.3 Å². The minimum atomic E-state index is -0.134. The Balaban J connectivity index is 1.50. The second-order valence-corrected chi connectivity index (χ2v) is 9.60. The molecule has 1 fully saturated rings. The summed E-state index contributed by atoms with van der Waals surface area (Å²) in [6.45, 7) is 4.56. The van der Waals surface area contributed by atoms with Crippen molar-refractivity contribution in [3.8, 4) is 0 Å². The summed E-state index contributed by atoms with van der Waals surface area (Å²) >= 11 is 0. The van der Waals surface area contributed by atoms with Gasteiger partial charge in [-0.25, -0.2) is 0 Å². The number of nitrogens with one attached hydrogen (secondary N) is 2. The van der Waals surface area contributed by atoms with Crippen molar-refractivity contribution in [2.45, 2.75) is 90.5 Å². The monoisotopic (exact) mass is 478 g/mol. The summed E-state index contributed by atoms with van der Waals surface area (Å²) in [5, 5.41) is 6.02. The molecule has 0 saturated carbocycles. The van der Waals surface area contributed by atoms with E-state index in [-0.39, 0.29) is 11.8 Å². The third-order valence-electron chi connectivity index (χ3n) is 6.65. The largest absolute Gasteiger partial charge is 0.371 e. The first-order valence-electron chi connectivity index (χ1n) is 13.5. The number of hydrogen-bond acceptors (Lipinski definition) is 4. The zero-order valence-corrected chi connectivity index (χ0v) is 21.4. The second-order valence-electron chi connectivity index (χ2n) is 9.60. The molecule has 2 N–H and O–H groups in total. The molecule has 2 amide bonds. The maximum absolute atomic E-state index is 13.1. The predicted octanol–water partition coefficient (Wildman–Crippen LogP) is 6.47. The smallest absolute Gasteiger partial charge is 0.253 e. The maximum atomic E-state index is 13.1. The molecule has 1 aliphatic rings. The summed E-state index contributed by atoms with van der Waals surface area (Å²) in [5.41, 5.74) is 3.18. The van der Waals surface area contributed by atoms with E-state index in [4.69, 9.17) is 0 Å². The number of carbonyl (C=O) groups excluding carboxylic acids is 2. The van der Waals surface area contributed by atoms with E-state index in [1.165, 1.54) is 44.9 Å². The fourth-order valence-electron chi connectivity index (χ4n) is 4.63. The van der Waals surface area contributed by atoms with E-state index in [0.29, 0.717) is 24.2 Å². The quantitative estimate of drug-likeness (QED) is 0.288. The molecule has 1 saturated heterocycles. The molecule has 0 radical (unpaired) electrons. The van der Waals surface area contributed by atoms with Gasteiger partial charge in [-0.3, -0.25) is 14.6 Å². The lowest BCUT2D eigenvalue weighted by atomic mass is 10.1. The van der Waals surface area contributed by atoms with E-state index in [9.17, 15) is 9.59 Å². The Labute approximate surface area is 210 Å². The van der Waals surface area contributed by atoms with Crippen LogP contribution < -0.4 is 15.5 Å². The Hall–Kier alpha value is -2.89. The molecule has 1 aromatic carbocycles. The van der Waals surface area contributed by atoms with Crippen LogP contribution in [0.15, 0.2) is 42.7 Å². The van der Waals surface area contributed by atoms with E-state index >= 15 is 0 Å². The van der Waals surface area contributed by atoms with Gasteiger partial charge in [-0.2, -0.15) is 0 Å². The van der Waals surface area contributed by atoms with Gasteiger partial charge < -0.3 is 15.5 Å². The molecule has 0 unspecified atom stereocenters. The summed E-state index contributed by atoms with van der Waals surface area (Å²) in [5.74, 6) is -0.116. The van der Waals surface area contributed by atoms with E-state index in [1.54, 1.807) is 12.4 Å². The van der Waals surface area contributed by atoms with Crippen molar-refractivity contribution in [3.05, 3.63) is 53.9 Å². The average molecular weight is 479 g/mol. The molecular formula is C29H42N4O2. The number of unbranched alkanes of at least 4 members (excludes halogenated alkanes) is 8. The zero-order chi connectivity index (χ0) is 24.7. The SMILES string of the molecule is CCCCCCCCCCCC(=O)Nc1ccc(N2CCCC2)c(C(=O)NCc2cccnc2)c1. The fraction of sp³-hybridized carbons (Fsp3) is 0.552. The Bertz CT molecular complexity index is 910. The Morgan fingerprint density at radius 1 is 0.943 bits per heavy atom. The topological polar surface area (TPSA) is 74.3 Å². The van der Waals surface area contributed by atoms with Crippen molar-refractivity contribution in [1.29, 1.82) is 0 Å². The first kappa shape index (κ1) is 26.7. The summed E-state index contributed by atoms with van der Waals surface area (Å²) in [6.07, 6.45) is 17.3. The molecule has 3 rings (SSSR count). The van der Waals surface area contributed by atoms with Crippen LogP contribution in [0, 0.1) is 0 Å². The van der Waals surface area contributed by atoms with E-state index in [0.717, 1.165) is 50.0 Å². The molecule has 0 atom stereocenters. The highest BCUT2D eigenvalue weighted by molar-refractivity contribution is 6.02. The lowest BCUT2D eigenvalue weighted by molar-refractivity contribution is -0.116. The van der Waals surface area contributed by atoms with Gasteiger partial charge in [-0.1, -0.05) is 64.4 Å². The highest BCUT2D eigenvalue weighted by Crippen LogP contribution is 2.28. The van der Waals surface area contributed by atoms with Gasteiger partial charge in [0.25, 0.3) is 5.91 Å². The van der Waals surface area contributed by atoms with Gasteiger partial charge >= 0.3 is 0 Å². The number of carbonyl (C=O) groups is 2. The van der Waals surface area contributed by atoms with Crippen LogP contribution in [0.5, 0.6) is 0 Å². The standard InChI is InChI=1S/C29H42N4O2/c1-2-3-4-5-6-7-8-9-10-15-28(34)32-25-16-17-27(33-19-11-12-20-33)26(21-25)29(35)31-23-24-14-13-18-30-22-24/h13-14,16-18,21-22H,2-12,15,19-20,23H2,1H3,(H,31,35)(H,32,34). The van der Waals surface area contributed by atoms with E-state index < -0.39 is 0 Å². The Morgan fingerprint density at radius 3 is 2.34 bits per heavy atom. The average Bonchev–Trinajstić information content (AvgIpc) is 3.42. The number of pyridine rings is 1. The highest BCUT2D eigenvalue weighted by atomic mass is 16.2. The zero-order valence-electron chi connectivity index (χ0n) is 21.4. The molecule has 0 aliphatic carbocycles. The Morgan fingerprint density at radius 2 is 1.66 bits per heavy atom. The number of anilines is 2. The first-order valence-corrected chi connectivity index (χ1v) is 13.5. The highest BCUT2D eigenvalue weighted by Gasteiger charge is 2.20. The van der Waals surface area contributed by atoms with Crippen molar-refractivity contribution in [2.75, 3.05) is 23.3 Å². The van der Waals surface area contributed by atoms with Crippen LogP contribution in [0.25, 0.3) is 0 Å².